The van der Waals surface area contributed by atoms with E-state index in [9.17, 15) is 4.79 Å². The van der Waals surface area contributed by atoms with E-state index in [1.54, 1.807) is 11.3 Å². The zero-order chi connectivity index (χ0) is 14.3. The Morgan fingerprint density at radius 1 is 1.40 bits per heavy atom. The molecule has 2 aromatic rings. The van der Waals surface area contributed by atoms with E-state index in [1.165, 1.54) is 10.4 Å². The molecular weight excluding hydrogens is 268 g/mol. The molecule has 1 atom stereocenters. The summed E-state index contributed by atoms with van der Waals surface area (Å²) in [7, 11) is 0. The number of fused-ring (bicyclic) bond motifs is 1. The molecule has 0 radical (unpaired) electrons. The average molecular weight is 286 g/mol. The molecule has 1 amide bonds. The third-order valence-corrected chi connectivity index (χ3v) is 4.97. The number of benzene rings is 1. The van der Waals surface area contributed by atoms with Gasteiger partial charge in [0, 0.05) is 17.1 Å². The number of rotatable bonds is 1. The van der Waals surface area contributed by atoms with Gasteiger partial charge in [0.05, 0.1) is 11.6 Å². The van der Waals surface area contributed by atoms with Crippen molar-refractivity contribution in [3.05, 3.63) is 51.2 Å². The highest BCUT2D eigenvalue weighted by Gasteiger charge is 2.29. The lowest BCUT2D eigenvalue weighted by Gasteiger charge is -2.34. The van der Waals surface area contributed by atoms with E-state index >= 15 is 0 Å². The van der Waals surface area contributed by atoms with E-state index in [2.05, 4.69) is 18.4 Å². The maximum Gasteiger partial charge on any atom is 0.256 e. The molecule has 0 spiro atoms. The molecule has 0 saturated heterocycles. The second kappa shape index (κ2) is 4.94. The molecule has 0 fully saturated rings. The fourth-order valence-corrected chi connectivity index (χ4v) is 3.78. The predicted octanol–water partition coefficient (Wildman–Crippen LogP) is 3.40. The van der Waals surface area contributed by atoms with Crippen molar-refractivity contribution in [2.24, 2.45) is 0 Å². The van der Waals surface area contributed by atoms with Gasteiger partial charge >= 0.3 is 0 Å². The molecule has 1 aliphatic rings. The molecule has 1 unspecified atom stereocenters. The first-order chi connectivity index (χ1) is 9.58. The van der Waals surface area contributed by atoms with Crippen molar-refractivity contribution in [2.45, 2.75) is 26.3 Å². The summed E-state index contributed by atoms with van der Waals surface area (Å²) in [5, 5.41) is 2.11. The van der Waals surface area contributed by atoms with Gasteiger partial charge in [0.1, 0.15) is 0 Å². The van der Waals surface area contributed by atoms with Crippen LogP contribution in [0.1, 0.15) is 39.3 Å². The van der Waals surface area contributed by atoms with Crippen LogP contribution in [0, 0.1) is 6.92 Å². The zero-order valence-electron chi connectivity index (χ0n) is 11.7. The highest BCUT2D eigenvalue weighted by molar-refractivity contribution is 7.10. The maximum absolute atomic E-state index is 12.7. The summed E-state index contributed by atoms with van der Waals surface area (Å²) in [6.07, 6.45) is 0.939. The Kier molecular flexibility index (Phi) is 3.26. The van der Waals surface area contributed by atoms with E-state index in [1.807, 2.05) is 30.0 Å². The van der Waals surface area contributed by atoms with E-state index in [4.69, 9.17) is 5.73 Å². The monoisotopic (exact) mass is 286 g/mol. The molecule has 2 N–H and O–H groups in total. The predicted molar refractivity (Wildman–Crippen MR) is 83.1 cm³/mol. The van der Waals surface area contributed by atoms with Crippen molar-refractivity contribution in [1.82, 2.24) is 4.90 Å². The van der Waals surface area contributed by atoms with E-state index in [0.29, 0.717) is 11.3 Å². The standard InChI is InChI=1S/C16H18N2OS/c1-10-3-4-13(14(17)9-10)16(19)18-7-5-15-12(11(18)2)6-8-20-15/h3-4,6,8-9,11H,5,7,17H2,1-2H3. The van der Waals surface area contributed by atoms with Crippen LogP contribution < -0.4 is 5.73 Å². The Bertz CT molecular complexity index is 662. The first-order valence-corrected chi connectivity index (χ1v) is 7.69. The van der Waals surface area contributed by atoms with Crippen LogP contribution in [0.3, 0.4) is 0 Å². The van der Waals surface area contributed by atoms with Gasteiger partial charge in [0.15, 0.2) is 0 Å². The maximum atomic E-state index is 12.7. The summed E-state index contributed by atoms with van der Waals surface area (Å²) < 4.78 is 0. The summed E-state index contributed by atoms with van der Waals surface area (Å²) in [6, 6.07) is 7.88. The molecule has 2 heterocycles. The van der Waals surface area contributed by atoms with Crippen LogP contribution in [-0.2, 0) is 6.42 Å². The van der Waals surface area contributed by atoms with Gasteiger partial charge in [-0.05, 0) is 55.0 Å². The van der Waals surface area contributed by atoms with Gasteiger partial charge in [0.25, 0.3) is 5.91 Å². The molecule has 4 heteroatoms. The van der Waals surface area contributed by atoms with Crippen LogP contribution in [0.4, 0.5) is 5.69 Å². The van der Waals surface area contributed by atoms with Crippen molar-refractivity contribution in [3.8, 4) is 0 Å². The molecule has 1 aliphatic heterocycles. The van der Waals surface area contributed by atoms with Crippen LogP contribution in [0.5, 0.6) is 0 Å². The van der Waals surface area contributed by atoms with Crippen LogP contribution in [0.25, 0.3) is 0 Å². The molecular formula is C16H18N2OS. The van der Waals surface area contributed by atoms with Gasteiger partial charge in [-0.2, -0.15) is 0 Å². The zero-order valence-corrected chi connectivity index (χ0v) is 12.5. The second-order valence-corrected chi connectivity index (χ2v) is 6.32. The summed E-state index contributed by atoms with van der Waals surface area (Å²) in [5.41, 5.74) is 9.54. The molecule has 3 nitrogen and oxygen atoms in total. The molecule has 104 valence electrons. The summed E-state index contributed by atoms with van der Waals surface area (Å²) >= 11 is 1.78. The third kappa shape index (κ3) is 2.10. The molecule has 0 aliphatic carbocycles. The Labute approximate surface area is 123 Å². The minimum atomic E-state index is 0.0341. The number of nitrogens with zero attached hydrogens (tertiary/aromatic N) is 1. The van der Waals surface area contributed by atoms with Crippen molar-refractivity contribution < 1.29 is 4.79 Å². The molecule has 0 saturated carbocycles. The Balaban J connectivity index is 1.92. The fourth-order valence-electron chi connectivity index (χ4n) is 2.82. The number of nitrogens with two attached hydrogens (primary N) is 1. The molecule has 1 aromatic carbocycles. The Hall–Kier alpha value is -1.81. The topological polar surface area (TPSA) is 46.3 Å². The van der Waals surface area contributed by atoms with Gasteiger partial charge in [-0.3, -0.25) is 4.79 Å². The van der Waals surface area contributed by atoms with Gasteiger partial charge in [-0.1, -0.05) is 6.07 Å². The van der Waals surface area contributed by atoms with Crippen molar-refractivity contribution >= 4 is 22.9 Å². The number of amides is 1. The molecule has 1 aromatic heterocycles. The number of hydrogen-bond acceptors (Lipinski definition) is 3. The average Bonchev–Trinajstić information content (AvgIpc) is 2.87. The fraction of sp³-hybridized carbons (Fsp3) is 0.312. The normalized spacial score (nSPS) is 17.9. The van der Waals surface area contributed by atoms with E-state index in [0.717, 1.165) is 18.5 Å². The highest BCUT2D eigenvalue weighted by atomic mass is 32.1. The number of carbonyl (C=O) groups excluding carboxylic acids is 1. The lowest BCUT2D eigenvalue weighted by molar-refractivity contribution is 0.0680. The van der Waals surface area contributed by atoms with Crippen molar-refractivity contribution in [1.29, 1.82) is 0 Å². The van der Waals surface area contributed by atoms with E-state index in [-0.39, 0.29) is 11.9 Å². The van der Waals surface area contributed by atoms with Crippen LogP contribution in [0.2, 0.25) is 0 Å². The molecule has 0 bridgehead atoms. The third-order valence-electron chi connectivity index (χ3n) is 3.98. The summed E-state index contributed by atoms with van der Waals surface area (Å²) in [4.78, 5) is 16.1. The number of thiophene rings is 1. The lowest BCUT2D eigenvalue weighted by atomic mass is 9.99. The Morgan fingerprint density at radius 2 is 2.20 bits per heavy atom. The van der Waals surface area contributed by atoms with Gasteiger partial charge < -0.3 is 10.6 Å². The first kappa shape index (κ1) is 13.2. The van der Waals surface area contributed by atoms with Gasteiger partial charge in [-0.15, -0.1) is 11.3 Å². The van der Waals surface area contributed by atoms with Gasteiger partial charge in [-0.25, -0.2) is 0 Å². The van der Waals surface area contributed by atoms with Crippen LogP contribution in [-0.4, -0.2) is 17.4 Å². The smallest absolute Gasteiger partial charge is 0.256 e. The van der Waals surface area contributed by atoms with Crippen LogP contribution >= 0.6 is 11.3 Å². The second-order valence-electron chi connectivity index (χ2n) is 5.31. The summed E-state index contributed by atoms with van der Waals surface area (Å²) in [5.74, 6) is 0.0341. The molecule has 3 rings (SSSR count). The lowest BCUT2D eigenvalue weighted by Crippen LogP contribution is -2.38. The number of carbonyl (C=O) groups is 1. The first-order valence-electron chi connectivity index (χ1n) is 6.81. The summed E-state index contributed by atoms with van der Waals surface area (Å²) in [6.45, 7) is 4.83. The van der Waals surface area contributed by atoms with Gasteiger partial charge in [0.2, 0.25) is 0 Å². The van der Waals surface area contributed by atoms with Crippen molar-refractivity contribution in [3.63, 3.8) is 0 Å². The minimum Gasteiger partial charge on any atom is -0.398 e. The quantitative estimate of drug-likeness (QED) is 0.817. The minimum absolute atomic E-state index is 0.0341. The number of hydrogen-bond donors (Lipinski definition) is 1. The number of nitrogen functional groups attached to an aromatic ring is 1. The van der Waals surface area contributed by atoms with Crippen molar-refractivity contribution in [2.75, 3.05) is 12.3 Å². The number of anilines is 1. The number of aryl methyl sites for hydroxylation is 1. The largest absolute Gasteiger partial charge is 0.398 e. The molecule has 20 heavy (non-hydrogen) atoms. The van der Waals surface area contributed by atoms with Crippen LogP contribution in [0.15, 0.2) is 29.6 Å². The SMILES string of the molecule is Cc1ccc(C(=O)N2CCc3sccc3C2C)c(N)c1. The highest BCUT2D eigenvalue weighted by Crippen LogP contribution is 2.34. The Morgan fingerprint density at radius 3 is 2.95 bits per heavy atom. The van der Waals surface area contributed by atoms with E-state index < -0.39 is 0 Å².